The summed E-state index contributed by atoms with van der Waals surface area (Å²) in [6.07, 6.45) is 26.1. The van der Waals surface area contributed by atoms with Crippen molar-refractivity contribution in [3.05, 3.63) is 23.8 Å². The van der Waals surface area contributed by atoms with E-state index >= 15 is 0 Å². The fraction of sp³-hybridized carbons (Fsp3) is 0.794. The Morgan fingerprint density at radius 3 is 1.41 bits per heavy atom. The van der Waals surface area contributed by atoms with Crippen LogP contribution in [0.2, 0.25) is 0 Å². The van der Waals surface area contributed by atoms with Crippen LogP contribution in [0.5, 0.6) is 11.5 Å². The first-order valence-electron chi connectivity index (χ1n) is 16.3. The number of hydrogen-bond donors (Lipinski definition) is 0. The van der Waals surface area contributed by atoms with Gasteiger partial charge in [0.2, 0.25) is 0 Å². The zero-order valence-electron chi connectivity index (χ0n) is 25.4. The predicted octanol–water partition coefficient (Wildman–Crippen LogP) is 11.1. The topological polar surface area (TPSA) is 44.8 Å². The fourth-order valence-electron chi connectivity index (χ4n) is 4.71. The van der Waals surface area contributed by atoms with Crippen molar-refractivity contribution in [2.75, 3.05) is 18.5 Å². The third kappa shape index (κ3) is 22.2. The molecule has 0 bridgehead atoms. The van der Waals surface area contributed by atoms with Crippen LogP contribution in [0.1, 0.15) is 154 Å². The van der Waals surface area contributed by atoms with Crippen LogP contribution in [0.15, 0.2) is 18.2 Å². The van der Waals surface area contributed by atoms with Crippen molar-refractivity contribution >= 4 is 21.9 Å². The van der Waals surface area contributed by atoms with Crippen LogP contribution in [-0.4, -0.2) is 24.5 Å². The first kappa shape index (κ1) is 35.8. The van der Waals surface area contributed by atoms with Crippen molar-refractivity contribution in [1.82, 2.24) is 0 Å². The molecule has 1 aromatic rings. The van der Waals surface area contributed by atoms with Crippen LogP contribution in [-0.2, 0) is 16.1 Å². The summed E-state index contributed by atoms with van der Waals surface area (Å²) in [6.45, 7) is 6.20. The van der Waals surface area contributed by atoms with E-state index in [9.17, 15) is 4.79 Å². The Labute approximate surface area is 249 Å². The van der Waals surface area contributed by atoms with Crippen molar-refractivity contribution in [3.63, 3.8) is 0 Å². The second kappa shape index (κ2) is 27.0. The Kier molecular flexibility index (Phi) is 24.8. The highest BCUT2D eigenvalue weighted by Crippen LogP contribution is 2.25. The molecule has 0 saturated heterocycles. The summed E-state index contributed by atoms with van der Waals surface area (Å²) in [5, 5.41) is 0.807. The minimum Gasteiger partial charge on any atom is -0.493 e. The second-order valence-electron chi connectivity index (χ2n) is 11.0. The van der Waals surface area contributed by atoms with E-state index in [0.29, 0.717) is 19.6 Å². The molecule has 0 aromatic heterocycles. The molecule has 39 heavy (non-hydrogen) atoms. The van der Waals surface area contributed by atoms with Crippen molar-refractivity contribution < 1.29 is 19.0 Å². The van der Waals surface area contributed by atoms with Gasteiger partial charge in [0.05, 0.1) is 13.2 Å². The lowest BCUT2D eigenvalue weighted by Crippen LogP contribution is -2.06. The monoisotopic (exact) mass is 610 g/mol. The van der Waals surface area contributed by atoms with Crippen LogP contribution in [0, 0.1) is 0 Å². The molecule has 226 valence electrons. The Bertz CT molecular complexity index is 694. The molecule has 0 unspecified atom stereocenters. The maximum Gasteiger partial charge on any atom is 0.306 e. The van der Waals surface area contributed by atoms with E-state index in [1.54, 1.807) is 0 Å². The molecular formula is C34H59BrO4. The summed E-state index contributed by atoms with van der Waals surface area (Å²) >= 11 is 3.36. The van der Waals surface area contributed by atoms with E-state index in [-0.39, 0.29) is 12.6 Å². The molecule has 0 saturated carbocycles. The van der Waals surface area contributed by atoms with Crippen LogP contribution in [0.4, 0.5) is 0 Å². The number of carbonyl (C=O) groups excluding carboxylic acids is 1. The molecule has 4 nitrogen and oxygen atoms in total. The molecule has 0 aliphatic heterocycles. The summed E-state index contributed by atoms with van der Waals surface area (Å²) in [4.78, 5) is 12.0. The number of benzene rings is 1. The lowest BCUT2D eigenvalue weighted by molar-refractivity contribution is -0.144. The van der Waals surface area contributed by atoms with Crippen LogP contribution < -0.4 is 9.47 Å². The highest BCUT2D eigenvalue weighted by atomic mass is 79.9. The van der Waals surface area contributed by atoms with Crippen molar-refractivity contribution in [2.45, 2.75) is 155 Å². The van der Waals surface area contributed by atoms with Gasteiger partial charge in [0.15, 0.2) is 0 Å². The molecular weight excluding hydrogens is 552 g/mol. The zero-order chi connectivity index (χ0) is 28.2. The molecule has 0 amide bonds. The number of carbonyl (C=O) groups is 1. The maximum absolute atomic E-state index is 12.0. The number of unbranched alkanes of at least 4 members (excludes halogenated alkanes) is 17. The van der Waals surface area contributed by atoms with E-state index in [2.05, 4.69) is 29.8 Å². The molecule has 0 aliphatic rings. The normalized spacial score (nSPS) is 11.1. The number of hydrogen-bond acceptors (Lipinski definition) is 4. The quantitative estimate of drug-likeness (QED) is 0.0537. The van der Waals surface area contributed by atoms with E-state index in [4.69, 9.17) is 14.2 Å². The Balaban J connectivity index is 2.32. The molecule has 1 aromatic carbocycles. The van der Waals surface area contributed by atoms with Gasteiger partial charge in [-0.25, -0.2) is 0 Å². The first-order chi connectivity index (χ1) is 19.2. The van der Waals surface area contributed by atoms with Gasteiger partial charge in [0.25, 0.3) is 0 Å². The number of esters is 1. The van der Waals surface area contributed by atoms with Crippen molar-refractivity contribution in [1.29, 1.82) is 0 Å². The Morgan fingerprint density at radius 2 is 1.00 bits per heavy atom. The van der Waals surface area contributed by atoms with Gasteiger partial charge >= 0.3 is 5.97 Å². The average Bonchev–Trinajstić information content (AvgIpc) is 2.94. The van der Waals surface area contributed by atoms with Gasteiger partial charge in [-0.3, -0.25) is 4.79 Å². The fourth-order valence-corrected chi connectivity index (χ4v) is 4.99. The zero-order valence-corrected chi connectivity index (χ0v) is 27.0. The number of halogens is 1. The van der Waals surface area contributed by atoms with E-state index in [1.807, 2.05) is 18.2 Å². The predicted molar refractivity (Wildman–Crippen MR) is 169 cm³/mol. The van der Waals surface area contributed by atoms with Gasteiger partial charge in [0.1, 0.15) is 18.1 Å². The van der Waals surface area contributed by atoms with E-state index in [1.165, 1.54) is 109 Å². The van der Waals surface area contributed by atoms with E-state index < -0.39 is 0 Å². The maximum atomic E-state index is 12.0. The van der Waals surface area contributed by atoms with Gasteiger partial charge < -0.3 is 14.2 Å². The average molecular weight is 612 g/mol. The highest BCUT2D eigenvalue weighted by molar-refractivity contribution is 9.09. The molecule has 0 spiro atoms. The lowest BCUT2D eigenvalue weighted by Gasteiger charge is -2.13. The summed E-state index contributed by atoms with van der Waals surface area (Å²) in [7, 11) is 0. The van der Waals surface area contributed by atoms with Crippen molar-refractivity contribution in [2.24, 2.45) is 0 Å². The highest BCUT2D eigenvalue weighted by Gasteiger charge is 2.08. The van der Waals surface area contributed by atoms with Gasteiger partial charge in [-0.15, -0.1) is 0 Å². The summed E-state index contributed by atoms with van der Waals surface area (Å²) in [6, 6.07) is 5.94. The summed E-state index contributed by atoms with van der Waals surface area (Å²) in [5.74, 6) is 1.45. The first-order valence-corrected chi connectivity index (χ1v) is 17.4. The number of alkyl halides is 1. The number of rotatable bonds is 28. The molecule has 0 N–H and O–H groups in total. The van der Waals surface area contributed by atoms with Crippen molar-refractivity contribution in [3.8, 4) is 11.5 Å². The smallest absolute Gasteiger partial charge is 0.306 e. The molecule has 1 rings (SSSR count). The van der Waals surface area contributed by atoms with Crippen LogP contribution >= 0.6 is 15.9 Å². The molecule has 5 heteroatoms. The van der Waals surface area contributed by atoms with Gasteiger partial charge in [-0.1, -0.05) is 139 Å². The minimum atomic E-state index is -0.165. The largest absolute Gasteiger partial charge is 0.493 e. The summed E-state index contributed by atoms with van der Waals surface area (Å²) in [5.41, 5.74) is 0.919. The van der Waals surface area contributed by atoms with E-state index in [0.717, 1.165) is 41.7 Å². The van der Waals surface area contributed by atoms with Gasteiger partial charge in [-0.2, -0.15) is 0 Å². The summed E-state index contributed by atoms with van der Waals surface area (Å²) < 4.78 is 17.6. The Hall–Kier alpha value is -1.23. The lowest BCUT2D eigenvalue weighted by atomic mass is 10.0. The molecule has 0 atom stereocenters. The molecule has 0 radical (unpaired) electrons. The Morgan fingerprint density at radius 1 is 0.590 bits per heavy atom. The van der Waals surface area contributed by atoms with Crippen LogP contribution in [0.3, 0.4) is 0 Å². The molecule has 0 aliphatic carbocycles. The number of ether oxygens (including phenoxy) is 3. The standard InChI is InChI=1S/C34H59BrO4/c1-3-5-7-9-11-12-13-14-15-16-17-19-21-26-38-33-28-31(30-39-34(36)23-22-24-35)27-32(29-33)37-25-20-18-10-8-6-4-2/h27-29H,3-26,30H2,1-2H3. The SMILES string of the molecule is CCCCCCCCCCCCCCCOc1cc(COC(=O)CCCBr)cc(OCCCCCCCC)c1. The molecule has 0 fully saturated rings. The van der Waals surface area contributed by atoms with Gasteiger partial charge in [0, 0.05) is 17.8 Å². The third-order valence-corrected chi connectivity index (χ3v) is 7.70. The third-order valence-electron chi connectivity index (χ3n) is 7.14. The minimum absolute atomic E-state index is 0.165. The van der Waals surface area contributed by atoms with Gasteiger partial charge in [-0.05, 0) is 37.0 Å². The molecule has 0 heterocycles. The van der Waals surface area contributed by atoms with Crippen LogP contribution in [0.25, 0.3) is 0 Å². The second-order valence-corrected chi connectivity index (χ2v) is 11.8.